The van der Waals surface area contributed by atoms with Crippen LogP contribution in [0.25, 0.3) is 0 Å². The van der Waals surface area contributed by atoms with Crippen LogP contribution in [0.3, 0.4) is 0 Å². The summed E-state index contributed by atoms with van der Waals surface area (Å²) in [4.78, 5) is 0. The van der Waals surface area contributed by atoms with Gasteiger partial charge in [-0.25, -0.2) is 0 Å². The van der Waals surface area contributed by atoms with E-state index < -0.39 is 11.7 Å². The van der Waals surface area contributed by atoms with Gasteiger partial charge in [0.25, 0.3) is 0 Å². The van der Waals surface area contributed by atoms with Gasteiger partial charge < -0.3 is 14.9 Å². The first-order valence-corrected chi connectivity index (χ1v) is 9.48. The van der Waals surface area contributed by atoms with Crippen LogP contribution >= 0.6 is 11.8 Å². The number of ether oxygens (including phenoxy) is 1. The molecule has 5 nitrogen and oxygen atoms in total. The Hall–Kier alpha value is -0.560. The molecule has 130 valence electrons. The van der Waals surface area contributed by atoms with Gasteiger partial charge in [-0.15, -0.1) is 0 Å². The molecule has 1 aliphatic heterocycles. The molecule has 7 atom stereocenters. The molecule has 1 saturated carbocycles. The quantitative estimate of drug-likeness (QED) is 0.785. The molecule has 1 aliphatic carbocycles. The Balaban J connectivity index is 1.93. The van der Waals surface area contributed by atoms with Gasteiger partial charge in [0.2, 0.25) is 0 Å². The number of aliphatic hydroxyl groups excluding tert-OH is 1. The third-order valence-electron chi connectivity index (χ3n) is 6.04. The van der Waals surface area contributed by atoms with Crippen LogP contribution in [0.5, 0.6) is 0 Å². The molecule has 2 fully saturated rings. The molecule has 6 heteroatoms. The number of fused-ring (bicyclic) bond motifs is 1. The largest absolute Gasteiger partial charge is 0.392 e. The molecule has 0 spiro atoms. The van der Waals surface area contributed by atoms with Crippen LogP contribution in [0.15, 0.2) is 6.20 Å². The fourth-order valence-corrected chi connectivity index (χ4v) is 6.41. The predicted molar refractivity (Wildman–Crippen MR) is 91.3 cm³/mol. The molecule has 1 aromatic rings. The maximum atomic E-state index is 11.3. The Bertz CT molecular complexity index is 548. The summed E-state index contributed by atoms with van der Waals surface area (Å²) < 4.78 is 5.73. The van der Waals surface area contributed by atoms with E-state index in [9.17, 15) is 10.2 Å². The maximum absolute atomic E-state index is 11.3. The van der Waals surface area contributed by atoms with Gasteiger partial charge in [0.15, 0.2) is 0 Å². The van der Waals surface area contributed by atoms with Crippen molar-refractivity contribution in [1.82, 2.24) is 10.2 Å². The molecule has 1 saturated heterocycles. The summed E-state index contributed by atoms with van der Waals surface area (Å²) in [5.41, 5.74) is 0.709. The Labute approximate surface area is 142 Å². The lowest BCUT2D eigenvalue weighted by Gasteiger charge is -2.52. The number of aromatic amines is 1. The zero-order chi connectivity index (χ0) is 16.8. The predicted octanol–water partition coefficient (Wildman–Crippen LogP) is 2.08. The highest BCUT2D eigenvalue weighted by Gasteiger charge is 2.53. The third kappa shape index (κ3) is 2.84. The lowest BCUT2D eigenvalue weighted by atomic mass is 9.62. The minimum Gasteiger partial charge on any atom is -0.392 e. The summed E-state index contributed by atoms with van der Waals surface area (Å²) in [5.74, 6) is 1.55. The molecule has 0 radical (unpaired) electrons. The summed E-state index contributed by atoms with van der Waals surface area (Å²) in [7, 11) is 1.76. The van der Waals surface area contributed by atoms with Crippen molar-refractivity contribution < 1.29 is 14.9 Å². The number of methoxy groups -OCH3 is 1. The first-order valence-electron chi connectivity index (χ1n) is 8.43. The fraction of sp³-hybridized carbons (Fsp3) is 0.824. The molecule has 7 unspecified atom stereocenters. The summed E-state index contributed by atoms with van der Waals surface area (Å²) in [6.07, 6.45) is 3.10. The van der Waals surface area contributed by atoms with Crippen LogP contribution in [0, 0.1) is 24.7 Å². The van der Waals surface area contributed by atoms with Crippen LogP contribution in [0.4, 0.5) is 0 Å². The normalized spacial score (nSPS) is 40.4. The van der Waals surface area contributed by atoms with E-state index in [1.54, 1.807) is 13.3 Å². The fourth-order valence-electron chi connectivity index (χ4n) is 4.80. The monoisotopic (exact) mass is 340 g/mol. The van der Waals surface area contributed by atoms with Gasteiger partial charge in [-0.05, 0) is 44.3 Å². The van der Waals surface area contributed by atoms with Crippen molar-refractivity contribution in [3.63, 3.8) is 0 Å². The van der Waals surface area contributed by atoms with Gasteiger partial charge in [-0.3, -0.25) is 5.10 Å². The summed E-state index contributed by atoms with van der Waals surface area (Å²) in [6, 6.07) is 0. The minimum absolute atomic E-state index is 0.0219. The van der Waals surface area contributed by atoms with Crippen molar-refractivity contribution in [2.75, 3.05) is 12.9 Å². The van der Waals surface area contributed by atoms with Gasteiger partial charge in [-0.2, -0.15) is 16.9 Å². The molecule has 3 N–H and O–H groups in total. The molecule has 3 rings (SSSR count). The van der Waals surface area contributed by atoms with E-state index in [4.69, 9.17) is 4.74 Å². The summed E-state index contributed by atoms with van der Waals surface area (Å²) in [6.45, 7) is 5.99. The Morgan fingerprint density at radius 1 is 1.48 bits per heavy atom. The van der Waals surface area contributed by atoms with Crippen LogP contribution in [0.1, 0.15) is 37.9 Å². The number of rotatable bonds is 3. The minimum atomic E-state index is -1.01. The first-order chi connectivity index (χ1) is 10.9. The number of aryl methyl sites for hydroxylation is 1. The SMILES string of the molecule is COC1CCSC2C(O)CC(C(C)(O)c3cn[nH]c3C)C(C)C12. The first kappa shape index (κ1) is 17.3. The molecule has 0 amide bonds. The lowest BCUT2D eigenvalue weighted by Crippen LogP contribution is -2.55. The standard InChI is InChI=1S/C17H28N2O3S/c1-9-11(17(3,21)12-8-18-19-10(12)2)7-13(20)16-15(9)14(22-4)5-6-23-16/h8-9,11,13-16,20-21H,5-7H2,1-4H3,(H,18,19). The highest BCUT2D eigenvalue weighted by molar-refractivity contribution is 8.00. The molecular formula is C17H28N2O3S. The number of aromatic nitrogens is 2. The van der Waals surface area contributed by atoms with Crippen LogP contribution in [0.2, 0.25) is 0 Å². The van der Waals surface area contributed by atoms with Crippen molar-refractivity contribution in [1.29, 1.82) is 0 Å². The van der Waals surface area contributed by atoms with Crippen molar-refractivity contribution in [3.8, 4) is 0 Å². The molecule has 1 aromatic heterocycles. The second kappa shape index (κ2) is 6.39. The van der Waals surface area contributed by atoms with Crippen molar-refractivity contribution in [2.45, 2.75) is 56.7 Å². The Kier molecular flexibility index (Phi) is 4.80. The number of aliphatic hydroxyl groups is 2. The number of hydrogen-bond donors (Lipinski definition) is 3. The maximum Gasteiger partial charge on any atom is 0.0933 e. The van der Waals surface area contributed by atoms with Gasteiger partial charge in [0, 0.05) is 29.5 Å². The van der Waals surface area contributed by atoms with Gasteiger partial charge >= 0.3 is 0 Å². The number of hydrogen-bond acceptors (Lipinski definition) is 5. The number of thioether (sulfide) groups is 1. The lowest BCUT2D eigenvalue weighted by molar-refractivity contribution is -0.113. The zero-order valence-corrected chi connectivity index (χ0v) is 15.1. The second-order valence-corrected chi connectivity index (χ2v) is 8.59. The molecule has 23 heavy (non-hydrogen) atoms. The molecule has 0 aromatic carbocycles. The van der Waals surface area contributed by atoms with E-state index >= 15 is 0 Å². The Morgan fingerprint density at radius 3 is 2.83 bits per heavy atom. The average Bonchev–Trinajstić information content (AvgIpc) is 2.96. The van der Waals surface area contributed by atoms with Crippen LogP contribution in [-0.2, 0) is 10.3 Å². The average molecular weight is 340 g/mol. The van der Waals surface area contributed by atoms with Gasteiger partial charge in [-0.1, -0.05) is 6.92 Å². The van der Waals surface area contributed by atoms with Crippen molar-refractivity contribution in [3.05, 3.63) is 17.5 Å². The molecular weight excluding hydrogens is 312 g/mol. The van der Waals surface area contributed by atoms with Crippen molar-refractivity contribution in [2.24, 2.45) is 17.8 Å². The second-order valence-electron chi connectivity index (χ2n) is 7.30. The van der Waals surface area contributed by atoms with Crippen LogP contribution in [-0.4, -0.2) is 50.7 Å². The highest BCUT2D eigenvalue weighted by atomic mass is 32.2. The van der Waals surface area contributed by atoms with E-state index in [0.29, 0.717) is 6.42 Å². The molecule has 2 aliphatic rings. The highest BCUT2D eigenvalue weighted by Crippen LogP contribution is 2.51. The van der Waals surface area contributed by atoms with Crippen molar-refractivity contribution >= 4 is 11.8 Å². The van der Waals surface area contributed by atoms with E-state index in [-0.39, 0.29) is 29.1 Å². The van der Waals surface area contributed by atoms with E-state index in [1.165, 1.54) is 0 Å². The topological polar surface area (TPSA) is 78.4 Å². The smallest absolute Gasteiger partial charge is 0.0933 e. The van der Waals surface area contributed by atoms with Gasteiger partial charge in [0.1, 0.15) is 0 Å². The Morgan fingerprint density at radius 2 is 2.22 bits per heavy atom. The van der Waals surface area contributed by atoms with E-state index in [1.807, 2.05) is 25.6 Å². The van der Waals surface area contributed by atoms with E-state index in [2.05, 4.69) is 17.1 Å². The molecule has 2 heterocycles. The summed E-state index contributed by atoms with van der Waals surface area (Å²) in [5, 5.41) is 29.2. The number of nitrogens with zero attached hydrogens (tertiary/aromatic N) is 1. The van der Waals surface area contributed by atoms with Gasteiger partial charge in [0.05, 0.1) is 24.0 Å². The molecule has 0 bridgehead atoms. The number of H-pyrrole nitrogens is 1. The number of nitrogens with one attached hydrogen (secondary N) is 1. The summed E-state index contributed by atoms with van der Waals surface area (Å²) >= 11 is 1.86. The van der Waals surface area contributed by atoms with E-state index in [0.717, 1.165) is 23.4 Å². The third-order valence-corrected chi connectivity index (χ3v) is 7.52. The van der Waals surface area contributed by atoms with Crippen LogP contribution < -0.4 is 0 Å². The zero-order valence-electron chi connectivity index (χ0n) is 14.3.